The minimum Gasteiger partial charge on any atom is -0.466 e. The molecule has 0 amide bonds. The molecule has 0 N–H and O–H groups in total. The molecule has 1 aliphatic heterocycles. The van der Waals surface area contributed by atoms with Gasteiger partial charge in [-0.25, -0.2) is 4.79 Å². The number of nitrogens with zero attached hydrogens (tertiary/aromatic N) is 2. The molecule has 1 aromatic heterocycles. The quantitative estimate of drug-likeness (QED) is 0.693. The van der Waals surface area contributed by atoms with Gasteiger partial charge in [0.2, 0.25) is 0 Å². The van der Waals surface area contributed by atoms with Gasteiger partial charge in [0.25, 0.3) is 0 Å². The molecule has 6 nitrogen and oxygen atoms in total. The van der Waals surface area contributed by atoms with Crippen LogP contribution in [0.2, 0.25) is 0 Å². The van der Waals surface area contributed by atoms with Gasteiger partial charge >= 0.3 is 13.4 Å². The zero-order valence-corrected chi connectivity index (χ0v) is 10.3. The van der Waals surface area contributed by atoms with Gasteiger partial charge in [-0.05, 0) is 33.8 Å². The number of hydrogen-bond acceptors (Lipinski definition) is 5. The highest BCUT2D eigenvalue weighted by molar-refractivity contribution is 6.40. The van der Waals surface area contributed by atoms with Gasteiger partial charge in [-0.3, -0.25) is 0 Å². The van der Waals surface area contributed by atoms with E-state index >= 15 is 0 Å². The third-order valence-corrected chi connectivity index (χ3v) is 3.12. The fraction of sp³-hybridized carbons (Fsp3) is 0.600. The van der Waals surface area contributed by atoms with Gasteiger partial charge in [-0.2, -0.15) is 9.78 Å². The normalized spacial score (nSPS) is 21.5. The van der Waals surface area contributed by atoms with Crippen molar-refractivity contribution in [1.82, 2.24) is 9.78 Å². The lowest BCUT2D eigenvalue weighted by atomic mass is 9.90. The summed E-state index contributed by atoms with van der Waals surface area (Å²) in [5.74, 6) is 0. The lowest BCUT2D eigenvalue weighted by Gasteiger charge is -2.31. The van der Waals surface area contributed by atoms with Gasteiger partial charge in [-0.15, -0.1) is 0 Å². The lowest BCUT2D eigenvalue weighted by Crippen LogP contribution is -2.41. The molecular formula is C10H15BN2O4. The minimum absolute atomic E-state index is 0.526. The highest BCUT2D eigenvalue weighted by Crippen LogP contribution is 2.36. The summed E-state index contributed by atoms with van der Waals surface area (Å²) >= 11 is 0. The molecule has 0 bridgehead atoms. The summed E-state index contributed by atoms with van der Waals surface area (Å²) in [6.45, 7) is 7.53. The van der Waals surface area contributed by atoms with Crippen molar-refractivity contribution in [2.24, 2.45) is 0 Å². The van der Waals surface area contributed by atoms with Gasteiger partial charge in [0.1, 0.15) is 0 Å². The smallest absolute Gasteiger partial charge is 0.466 e. The molecule has 1 aromatic rings. The summed E-state index contributed by atoms with van der Waals surface area (Å²) in [6.07, 6.45) is 2.35. The first-order valence-corrected chi connectivity index (χ1v) is 5.38. The van der Waals surface area contributed by atoms with Crippen molar-refractivity contribution in [2.75, 3.05) is 0 Å². The molecule has 1 saturated heterocycles. The molecule has 1 aliphatic rings. The highest BCUT2D eigenvalue weighted by Gasteiger charge is 2.55. The van der Waals surface area contributed by atoms with Crippen molar-refractivity contribution in [3.8, 4) is 0 Å². The van der Waals surface area contributed by atoms with Crippen LogP contribution in [0.15, 0.2) is 18.5 Å². The molecular weight excluding hydrogens is 223 g/mol. The molecule has 0 aromatic carbocycles. The summed E-state index contributed by atoms with van der Waals surface area (Å²) in [7, 11) is -1.00. The van der Waals surface area contributed by atoms with Gasteiger partial charge in [0.05, 0.1) is 11.2 Å². The first-order chi connectivity index (χ1) is 7.82. The standard InChI is InChI=1S/C10H15BN2O4/c1-9(2)10(3,4)17-11(16-9)15-8(14)13-7-5-6-12-13/h5-7H,1-4H3. The highest BCUT2D eigenvalue weighted by atomic mass is 16.8. The van der Waals surface area contributed by atoms with Gasteiger partial charge in [0.15, 0.2) is 0 Å². The monoisotopic (exact) mass is 238 g/mol. The van der Waals surface area contributed by atoms with E-state index in [1.807, 2.05) is 27.7 Å². The second kappa shape index (κ2) is 3.85. The third kappa shape index (κ3) is 2.20. The zero-order valence-electron chi connectivity index (χ0n) is 10.3. The van der Waals surface area contributed by atoms with Crippen LogP contribution in [0.25, 0.3) is 0 Å². The van der Waals surface area contributed by atoms with Crippen LogP contribution in [-0.2, 0) is 14.0 Å². The van der Waals surface area contributed by atoms with Crippen molar-refractivity contribution in [1.29, 1.82) is 0 Å². The molecule has 0 unspecified atom stereocenters. The molecule has 0 aliphatic carbocycles. The topological polar surface area (TPSA) is 62.6 Å². The molecule has 92 valence electrons. The van der Waals surface area contributed by atoms with Crippen molar-refractivity contribution < 1.29 is 18.8 Å². The molecule has 2 rings (SSSR count). The first kappa shape index (κ1) is 12.1. The number of hydrogen-bond donors (Lipinski definition) is 0. The maximum atomic E-state index is 11.6. The average Bonchev–Trinajstić information content (AvgIpc) is 2.73. The largest absolute Gasteiger partial charge is 0.717 e. The van der Waals surface area contributed by atoms with E-state index < -0.39 is 24.6 Å². The molecule has 7 heteroatoms. The number of rotatable bonds is 1. The van der Waals surface area contributed by atoms with Crippen LogP contribution in [-0.4, -0.2) is 34.4 Å². The van der Waals surface area contributed by atoms with Crippen LogP contribution in [0.4, 0.5) is 4.79 Å². The minimum atomic E-state index is -1.00. The molecule has 1 fully saturated rings. The molecule has 0 radical (unpaired) electrons. The van der Waals surface area contributed by atoms with E-state index in [2.05, 4.69) is 5.10 Å². The van der Waals surface area contributed by atoms with E-state index in [0.29, 0.717) is 0 Å². The Morgan fingerprint density at radius 1 is 1.29 bits per heavy atom. The Labute approximate surface area is 100 Å². The third-order valence-electron chi connectivity index (χ3n) is 3.12. The SMILES string of the molecule is CC1(C)OB(OC(=O)n2cccn2)OC1(C)C. The second-order valence-corrected chi connectivity index (χ2v) is 4.88. The molecule has 0 spiro atoms. The summed E-state index contributed by atoms with van der Waals surface area (Å²) in [5.41, 5.74) is -1.05. The van der Waals surface area contributed by atoms with E-state index in [9.17, 15) is 4.79 Å². The average molecular weight is 238 g/mol. The Hall–Kier alpha value is -1.34. The van der Waals surface area contributed by atoms with Crippen LogP contribution < -0.4 is 0 Å². The van der Waals surface area contributed by atoms with Crippen LogP contribution in [0, 0.1) is 0 Å². The summed E-state index contributed by atoms with van der Waals surface area (Å²) in [4.78, 5) is 11.6. The molecule has 0 saturated carbocycles. The van der Waals surface area contributed by atoms with Crippen molar-refractivity contribution in [3.05, 3.63) is 18.5 Å². The number of carbonyl (C=O) groups is 1. The second-order valence-electron chi connectivity index (χ2n) is 4.88. The predicted octanol–water partition coefficient (Wildman–Crippen LogP) is 1.46. The Morgan fingerprint density at radius 3 is 2.35 bits per heavy atom. The van der Waals surface area contributed by atoms with Crippen LogP contribution >= 0.6 is 0 Å². The number of aromatic nitrogens is 2. The summed E-state index contributed by atoms with van der Waals surface area (Å²) < 4.78 is 17.2. The Bertz CT molecular complexity index is 400. The van der Waals surface area contributed by atoms with E-state index in [1.165, 1.54) is 12.4 Å². The van der Waals surface area contributed by atoms with E-state index in [1.54, 1.807) is 6.07 Å². The van der Waals surface area contributed by atoms with E-state index in [0.717, 1.165) is 4.68 Å². The fourth-order valence-corrected chi connectivity index (χ4v) is 1.35. The predicted molar refractivity (Wildman–Crippen MR) is 60.2 cm³/mol. The van der Waals surface area contributed by atoms with Crippen molar-refractivity contribution in [2.45, 2.75) is 38.9 Å². The zero-order chi connectivity index (χ0) is 12.7. The molecule has 17 heavy (non-hydrogen) atoms. The Balaban J connectivity index is 2.01. The Morgan fingerprint density at radius 2 is 1.88 bits per heavy atom. The van der Waals surface area contributed by atoms with Crippen LogP contribution in [0.1, 0.15) is 27.7 Å². The first-order valence-electron chi connectivity index (χ1n) is 5.38. The van der Waals surface area contributed by atoms with E-state index in [4.69, 9.17) is 14.0 Å². The van der Waals surface area contributed by atoms with Crippen molar-refractivity contribution >= 4 is 13.4 Å². The van der Waals surface area contributed by atoms with Crippen LogP contribution in [0.5, 0.6) is 0 Å². The van der Waals surface area contributed by atoms with E-state index in [-0.39, 0.29) is 0 Å². The summed E-state index contributed by atoms with van der Waals surface area (Å²) in [6, 6.07) is 1.63. The molecule has 2 heterocycles. The van der Waals surface area contributed by atoms with Gasteiger partial charge in [0, 0.05) is 12.4 Å². The number of carbonyl (C=O) groups excluding carboxylic acids is 1. The maximum absolute atomic E-state index is 11.6. The molecule has 0 atom stereocenters. The van der Waals surface area contributed by atoms with Crippen molar-refractivity contribution in [3.63, 3.8) is 0 Å². The Kier molecular flexibility index (Phi) is 2.75. The van der Waals surface area contributed by atoms with Gasteiger partial charge in [-0.1, -0.05) is 0 Å². The summed E-state index contributed by atoms with van der Waals surface area (Å²) in [5, 5.41) is 3.76. The fourth-order valence-electron chi connectivity index (χ4n) is 1.35. The van der Waals surface area contributed by atoms with Crippen LogP contribution in [0.3, 0.4) is 0 Å². The maximum Gasteiger partial charge on any atom is 0.717 e. The van der Waals surface area contributed by atoms with Gasteiger partial charge < -0.3 is 14.0 Å². The lowest BCUT2D eigenvalue weighted by molar-refractivity contribution is 0.00578.